The molecule has 2 heterocycles. The summed E-state index contributed by atoms with van der Waals surface area (Å²) >= 11 is 0. The summed E-state index contributed by atoms with van der Waals surface area (Å²) in [6.07, 6.45) is 2.37. The molecule has 1 aromatic carbocycles. The summed E-state index contributed by atoms with van der Waals surface area (Å²) in [6.45, 7) is 4.73. The number of amides is 1. The first-order valence-electron chi connectivity index (χ1n) is 9.24. The largest absolute Gasteiger partial charge is 0.481 e. The summed E-state index contributed by atoms with van der Waals surface area (Å²) in [5.74, 6) is -0.835. The molecule has 0 radical (unpaired) electrons. The van der Waals surface area contributed by atoms with Crippen molar-refractivity contribution < 1.29 is 19.5 Å². The Kier molecular flexibility index (Phi) is 5.30. The van der Waals surface area contributed by atoms with Gasteiger partial charge in [0.05, 0.1) is 11.1 Å². The van der Waals surface area contributed by atoms with Crippen LogP contribution in [0.1, 0.15) is 50.2 Å². The summed E-state index contributed by atoms with van der Waals surface area (Å²) < 4.78 is 0. The highest BCUT2D eigenvalue weighted by molar-refractivity contribution is 6.01. The number of aryl methyl sites for hydroxylation is 1. The molecule has 2 atom stereocenters. The number of carbonyl (C=O) groups excluding carboxylic acids is 1. The number of nitrogens with zero attached hydrogens (tertiary/aromatic N) is 2. The number of likely N-dealkylation sites (tertiary alicyclic amines) is 1. The molecular weight excluding hydrogens is 332 g/mol. The van der Waals surface area contributed by atoms with Crippen LogP contribution < -0.4 is 0 Å². The second-order valence-electron chi connectivity index (χ2n) is 7.40. The van der Waals surface area contributed by atoms with Crippen molar-refractivity contribution in [2.75, 3.05) is 13.1 Å². The first kappa shape index (κ1) is 18.4. The van der Waals surface area contributed by atoms with Crippen molar-refractivity contribution in [1.29, 1.82) is 0 Å². The Labute approximate surface area is 153 Å². The van der Waals surface area contributed by atoms with Crippen molar-refractivity contribution in [3.8, 4) is 0 Å². The maximum absolute atomic E-state index is 12.1. The Hall–Kier alpha value is -2.37. The Morgan fingerprint density at radius 1 is 1.35 bits per heavy atom. The Morgan fingerprint density at radius 2 is 2.08 bits per heavy atom. The summed E-state index contributed by atoms with van der Waals surface area (Å²) in [4.78, 5) is 31.4. The van der Waals surface area contributed by atoms with Gasteiger partial charge in [0.1, 0.15) is 6.10 Å². The van der Waals surface area contributed by atoms with Crippen LogP contribution in [0.4, 0.5) is 0 Å². The number of hydrogen-bond acceptors (Lipinski definition) is 4. The SMILES string of the molecule is CCC(=O)N1CCC[C@](C[C@@H]2CC(c3ccc(C)cc3)=NO2)(C(=O)O)C1. The number of carboxylic acids is 1. The molecule has 6 nitrogen and oxygen atoms in total. The molecule has 0 aromatic heterocycles. The molecule has 1 N–H and O–H groups in total. The summed E-state index contributed by atoms with van der Waals surface area (Å²) in [6, 6.07) is 8.07. The van der Waals surface area contributed by atoms with Gasteiger partial charge in [-0.1, -0.05) is 41.9 Å². The van der Waals surface area contributed by atoms with Crippen molar-refractivity contribution in [3.05, 3.63) is 35.4 Å². The number of benzene rings is 1. The van der Waals surface area contributed by atoms with E-state index in [-0.39, 0.29) is 18.6 Å². The van der Waals surface area contributed by atoms with Gasteiger partial charge in [0, 0.05) is 32.4 Å². The van der Waals surface area contributed by atoms with E-state index in [1.807, 2.05) is 31.2 Å². The van der Waals surface area contributed by atoms with E-state index < -0.39 is 11.4 Å². The minimum Gasteiger partial charge on any atom is -0.481 e. The summed E-state index contributed by atoms with van der Waals surface area (Å²) in [7, 11) is 0. The first-order valence-corrected chi connectivity index (χ1v) is 9.24. The standard InChI is InChI=1S/C20H26N2O4/c1-3-18(23)22-10-4-9-20(13-22,19(24)25)12-16-11-17(21-26-16)15-7-5-14(2)6-8-15/h5-8,16H,3-4,9-13H2,1-2H3,(H,24,25)/t16-,20+/m0/s1. The third-order valence-electron chi connectivity index (χ3n) is 5.42. The molecule has 26 heavy (non-hydrogen) atoms. The molecule has 1 fully saturated rings. The van der Waals surface area contributed by atoms with Crippen molar-refractivity contribution in [2.45, 2.75) is 52.1 Å². The molecule has 6 heteroatoms. The highest BCUT2D eigenvalue weighted by Gasteiger charge is 2.46. The van der Waals surface area contributed by atoms with E-state index in [4.69, 9.17) is 4.84 Å². The lowest BCUT2D eigenvalue weighted by atomic mass is 9.74. The molecule has 0 spiro atoms. The zero-order valence-electron chi connectivity index (χ0n) is 15.4. The van der Waals surface area contributed by atoms with Crippen molar-refractivity contribution in [1.82, 2.24) is 4.90 Å². The number of carboxylic acid groups (broad SMARTS) is 1. The van der Waals surface area contributed by atoms with E-state index in [2.05, 4.69) is 5.16 Å². The van der Waals surface area contributed by atoms with Crippen LogP contribution in [0.3, 0.4) is 0 Å². The predicted octanol–water partition coefficient (Wildman–Crippen LogP) is 2.98. The normalized spacial score (nSPS) is 25.5. The second kappa shape index (κ2) is 7.48. The topological polar surface area (TPSA) is 79.2 Å². The average Bonchev–Trinajstić information content (AvgIpc) is 3.10. The molecule has 0 aliphatic carbocycles. The molecule has 0 bridgehead atoms. The molecule has 2 aliphatic heterocycles. The fraction of sp³-hybridized carbons (Fsp3) is 0.550. The minimum atomic E-state index is -0.952. The molecule has 0 saturated carbocycles. The molecule has 140 valence electrons. The van der Waals surface area contributed by atoms with Gasteiger partial charge in [-0.05, 0) is 25.3 Å². The van der Waals surface area contributed by atoms with Crippen LogP contribution in [0, 0.1) is 12.3 Å². The highest BCUT2D eigenvalue weighted by Crippen LogP contribution is 2.38. The van der Waals surface area contributed by atoms with Crippen molar-refractivity contribution >= 4 is 17.6 Å². The Bertz CT molecular complexity index is 713. The number of aliphatic carboxylic acids is 1. The molecule has 1 amide bonds. The zero-order valence-corrected chi connectivity index (χ0v) is 15.4. The van der Waals surface area contributed by atoms with Gasteiger partial charge in [-0.3, -0.25) is 9.59 Å². The Balaban J connectivity index is 1.69. The number of piperidine rings is 1. The summed E-state index contributed by atoms with van der Waals surface area (Å²) in [5.41, 5.74) is 2.09. The number of oxime groups is 1. The Morgan fingerprint density at radius 3 is 2.73 bits per heavy atom. The third-order valence-corrected chi connectivity index (χ3v) is 5.42. The molecule has 1 saturated heterocycles. The van der Waals surface area contributed by atoms with Crippen LogP contribution in [0.25, 0.3) is 0 Å². The van der Waals surface area contributed by atoms with Gasteiger partial charge in [0.2, 0.25) is 5.91 Å². The smallest absolute Gasteiger partial charge is 0.311 e. The molecular formula is C20H26N2O4. The van der Waals surface area contributed by atoms with Crippen molar-refractivity contribution in [2.24, 2.45) is 10.6 Å². The highest BCUT2D eigenvalue weighted by atomic mass is 16.6. The monoisotopic (exact) mass is 358 g/mol. The first-order chi connectivity index (χ1) is 12.4. The van der Waals surface area contributed by atoms with Crippen LogP contribution in [0.2, 0.25) is 0 Å². The molecule has 0 unspecified atom stereocenters. The number of rotatable bonds is 5. The number of carbonyl (C=O) groups is 2. The maximum Gasteiger partial charge on any atom is 0.311 e. The van der Waals surface area contributed by atoms with E-state index in [1.165, 1.54) is 5.56 Å². The van der Waals surface area contributed by atoms with E-state index >= 15 is 0 Å². The van der Waals surface area contributed by atoms with Gasteiger partial charge < -0.3 is 14.8 Å². The third kappa shape index (κ3) is 3.74. The fourth-order valence-corrected chi connectivity index (χ4v) is 3.89. The zero-order chi connectivity index (χ0) is 18.7. The summed E-state index contributed by atoms with van der Waals surface area (Å²) in [5, 5.41) is 14.1. The van der Waals surface area contributed by atoms with E-state index in [1.54, 1.807) is 11.8 Å². The van der Waals surface area contributed by atoms with Crippen LogP contribution in [0.5, 0.6) is 0 Å². The maximum atomic E-state index is 12.1. The van der Waals surface area contributed by atoms with Gasteiger partial charge >= 0.3 is 5.97 Å². The predicted molar refractivity (Wildman–Crippen MR) is 98.0 cm³/mol. The van der Waals surface area contributed by atoms with E-state index in [9.17, 15) is 14.7 Å². The van der Waals surface area contributed by atoms with Gasteiger partial charge in [-0.2, -0.15) is 0 Å². The van der Waals surface area contributed by atoms with Crippen LogP contribution in [-0.4, -0.2) is 46.8 Å². The molecule has 1 aromatic rings. The lowest BCUT2D eigenvalue weighted by Crippen LogP contribution is -2.51. The lowest BCUT2D eigenvalue weighted by Gasteiger charge is -2.40. The molecule has 2 aliphatic rings. The quantitative estimate of drug-likeness (QED) is 0.877. The van der Waals surface area contributed by atoms with E-state index in [0.717, 1.165) is 11.3 Å². The van der Waals surface area contributed by atoms with Gasteiger partial charge in [-0.15, -0.1) is 0 Å². The van der Waals surface area contributed by atoms with Gasteiger partial charge in [0.25, 0.3) is 0 Å². The lowest BCUT2D eigenvalue weighted by molar-refractivity contribution is -0.158. The fourth-order valence-electron chi connectivity index (χ4n) is 3.89. The van der Waals surface area contributed by atoms with Gasteiger partial charge in [-0.25, -0.2) is 0 Å². The van der Waals surface area contributed by atoms with Crippen LogP contribution in [-0.2, 0) is 14.4 Å². The molecule has 3 rings (SSSR count). The number of hydrogen-bond donors (Lipinski definition) is 1. The van der Waals surface area contributed by atoms with Crippen LogP contribution in [0.15, 0.2) is 29.4 Å². The second-order valence-corrected chi connectivity index (χ2v) is 7.40. The van der Waals surface area contributed by atoms with Crippen LogP contribution >= 0.6 is 0 Å². The minimum absolute atomic E-state index is 0.0132. The van der Waals surface area contributed by atoms with Crippen molar-refractivity contribution in [3.63, 3.8) is 0 Å². The van der Waals surface area contributed by atoms with Gasteiger partial charge in [0.15, 0.2) is 0 Å². The van der Waals surface area contributed by atoms with E-state index in [0.29, 0.717) is 38.6 Å². The average molecular weight is 358 g/mol.